The molecule has 4 amide bonds. The molecule has 2 aliphatic heterocycles. The monoisotopic (exact) mass is 385 g/mol. The van der Waals surface area contributed by atoms with E-state index in [2.05, 4.69) is 33.0 Å². The first-order chi connectivity index (χ1) is 13.1. The van der Waals surface area contributed by atoms with Crippen molar-refractivity contribution in [1.29, 1.82) is 0 Å². The molecule has 0 aromatic heterocycles. The van der Waals surface area contributed by atoms with Gasteiger partial charge in [-0.3, -0.25) is 14.5 Å². The molecule has 0 saturated carbocycles. The van der Waals surface area contributed by atoms with E-state index in [0.717, 1.165) is 16.9 Å². The lowest BCUT2D eigenvalue weighted by molar-refractivity contribution is -0.140. The number of carbonyl (C=O) groups is 3. The van der Waals surface area contributed by atoms with Crippen molar-refractivity contribution >= 4 is 17.8 Å². The molecule has 0 unspecified atom stereocenters. The van der Waals surface area contributed by atoms with E-state index in [1.807, 2.05) is 24.3 Å². The van der Waals surface area contributed by atoms with Gasteiger partial charge in [0.2, 0.25) is 5.91 Å². The van der Waals surface area contributed by atoms with Crippen molar-refractivity contribution in [1.82, 2.24) is 15.1 Å². The Morgan fingerprint density at radius 3 is 2.25 bits per heavy atom. The fraction of sp³-hybridized carbons (Fsp3) is 0.591. The number of piperidine rings is 1. The molecular weight excluding hydrogens is 354 g/mol. The van der Waals surface area contributed by atoms with Gasteiger partial charge in [0.1, 0.15) is 12.1 Å². The molecule has 2 aliphatic rings. The number of hydrogen-bond acceptors (Lipinski definition) is 3. The third kappa shape index (κ3) is 3.77. The summed E-state index contributed by atoms with van der Waals surface area (Å²) in [6.07, 6.45) is 1.09. The number of nitrogens with zero attached hydrogens (tertiary/aromatic N) is 2. The average molecular weight is 386 g/mol. The summed E-state index contributed by atoms with van der Waals surface area (Å²) in [5.74, 6) is 0.711. The summed E-state index contributed by atoms with van der Waals surface area (Å²) in [5, 5.41) is 2.79. The number of rotatable bonds is 4. The van der Waals surface area contributed by atoms with Crippen LogP contribution >= 0.6 is 0 Å². The largest absolute Gasteiger partial charge is 0.341 e. The molecule has 0 bridgehead atoms. The summed E-state index contributed by atoms with van der Waals surface area (Å²) in [4.78, 5) is 41.2. The first-order valence-corrected chi connectivity index (χ1v) is 10.1. The van der Waals surface area contributed by atoms with E-state index in [9.17, 15) is 14.4 Å². The highest BCUT2D eigenvalue weighted by molar-refractivity contribution is 6.09. The molecule has 1 aromatic rings. The Balaban J connectivity index is 1.74. The highest BCUT2D eigenvalue weighted by Crippen LogP contribution is 2.30. The quantitative estimate of drug-likeness (QED) is 0.810. The van der Waals surface area contributed by atoms with Crippen molar-refractivity contribution < 1.29 is 14.4 Å². The lowest BCUT2D eigenvalue weighted by Crippen LogP contribution is -2.48. The van der Waals surface area contributed by atoms with Gasteiger partial charge in [0.05, 0.1) is 0 Å². The third-order valence-corrected chi connectivity index (χ3v) is 5.94. The molecule has 2 heterocycles. The number of nitrogens with one attached hydrogen (secondary N) is 1. The number of imide groups is 1. The number of likely N-dealkylation sites (tertiary alicyclic amines) is 1. The minimum atomic E-state index is -1.14. The molecule has 3 rings (SSSR count). The van der Waals surface area contributed by atoms with Crippen LogP contribution in [0.3, 0.4) is 0 Å². The normalized spacial score (nSPS) is 28.1. The highest BCUT2D eigenvalue weighted by Gasteiger charge is 2.49. The van der Waals surface area contributed by atoms with E-state index >= 15 is 0 Å². The molecule has 0 aliphatic carbocycles. The molecule has 2 saturated heterocycles. The van der Waals surface area contributed by atoms with Gasteiger partial charge in [-0.25, -0.2) is 4.79 Å². The van der Waals surface area contributed by atoms with E-state index in [4.69, 9.17) is 0 Å². The predicted octanol–water partition coefficient (Wildman–Crippen LogP) is 3.08. The van der Waals surface area contributed by atoms with Crippen molar-refractivity contribution in [2.75, 3.05) is 19.6 Å². The molecule has 28 heavy (non-hydrogen) atoms. The van der Waals surface area contributed by atoms with Crippen LogP contribution in [0.2, 0.25) is 0 Å². The molecule has 6 heteroatoms. The molecule has 1 aromatic carbocycles. The number of carbonyl (C=O) groups excluding carboxylic acids is 3. The second kappa shape index (κ2) is 7.57. The van der Waals surface area contributed by atoms with E-state index in [1.165, 1.54) is 5.56 Å². The Morgan fingerprint density at radius 1 is 1.14 bits per heavy atom. The lowest BCUT2D eigenvalue weighted by atomic mass is 9.90. The molecule has 0 radical (unpaired) electrons. The van der Waals surface area contributed by atoms with Crippen LogP contribution in [0.25, 0.3) is 0 Å². The predicted molar refractivity (Wildman–Crippen MR) is 108 cm³/mol. The van der Waals surface area contributed by atoms with Gasteiger partial charge >= 0.3 is 6.03 Å². The van der Waals surface area contributed by atoms with Gasteiger partial charge in [-0.05, 0) is 42.2 Å². The van der Waals surface area contributed by atoms with E-state index in [-0.39, 0.29) is 18.4 Å². The maximum atomic E-state index is 13.1. The van der Waals surface area contributed by atoms with E-state index in [0.29, 0.717) is 30.8 Å². The van der Waals surface area contributed by atoms with Crippen LogP contribution in [0.5, 0.6) is 0 Å². The highest BCUT2D eigenvalue weighted by atomic mass is 16.2. The second-order valence-electron chi connectivity index (χ2n) is 8.97. The molecule has 3 atom stereocenters. The number of amides is 4. The van der Waals surface area contributed by atoms with Crippen molar-refractivity contribution in [3.05, 3.63) is 35.4 Å². The van der Waals surface area contributed by atoms with Gasteiger partial charge in [0, 0.05) is 13.1 Å². The first-order valence-electron chi connectivity index (χ1n) is 10.1. The molecule has 1 N–H and O–H groups in total. The van der Waals surface area contributed by atoms with Gasteiger partial charge in [0.25, 0.3) is 5.91 Å². The maximum Gasteiger partial charge on any atom is 0.325 e. The van der Waals surface area contributed by atoms with Crippen LogP contribution in [-0.4, -0.2) is 47.3 Å². The van der Waals surface area contributed by atoms with Crippen LogP contribution in [0.1, 0.15) is 58.1 Å². The standard InChI is InChI=1S/C22H31N3O3/c1-14(2)17-6-8-18(9-7-17)22(5)20(27)25(21(28)23-22)13-19(26)24-11-15(3)10-16(4)12-24/h6-9,14-16H,10-13H2,1-5H3,(H,23,28)/t15-,16-,22+/m0/s1. The zero-order valence-electron chi connectivity index (χ0n) is 17.5. The Kier molecular flexibility index (Phi) is 5.50. The van der Waals surface area contributed by atoms with Gasteiger partial charge < -0.3 is 10.2 Å². The molecule has 6 nitrogen and oxygen atoms in total. The Labute approximate surface area is 167 Å². The molecular formula is C22H31N3O3. The van der Waals surface area contributed by atoms with Crippen molar-refractivity contribution in [3.8, 4) is 0 Å². The SMILES string of the molecule is CC(C)c1ccc([C@@]2(C)NC(=O)N(CC(=O)N3C[C@@H](C)C[C@H](C)C3)C2=O)cc1. The molecule has 2 fully saturated rings. The number of benzene rings is 1. The van der Waals surface area contributed by atoms with Crippen LogP contribution in [0.4, 0.5) is 4.79 Å². The number of hydrogen-bond donors (Lipinski definition) is 1. The van der Waals surface area contributed by atoms with E-state index < -0.39 is 11.6 Å². The summed E-state index contributed by atoms with van der Waals surface area (Å²) < 4.78 is 0. The Morgan fingerprint density at radius 2 is 1.71 bits per heavy atom. The van der Waals surface area contributed by atoms with Crippen LogP contribution in [0.15, 0.2) is 24.3 Å². The van der Waals surface area contributed by atoms with Crippen LogP contribution < -0.4 is 5.32 Å². The van der Waals surface area contributed by atoms with E-state index in [1.54, 1.807) is 11.8 Å². The van der Waals surface area contributed by atoms with Gasteiger partial charge in [-0.15, -0.1) is 0 Å². The van der Waals surface area contributed by atoms with Crippen molar-refractivity contribution in [3.63, 3.8) is 0 Å². The lowest BCUT2D eigenvalue weighted by Gasteiger charge is -2.35. The zero-order chi connectivity index (χ0) is 20.6. The van der Waals surface area contributed by atoms with Crippen LogP contribution in [0, 0.1) is 11.8 Å². The summed E-state index contributed by atoms with van der Waals surface area (Å²) in [7, 11) is 0. The van der Waals surface area contributed by atoms with Gasteiger partial charge in [-0.1, -0.05) is 52.0 Å². The summed E-state index contributed by atoms with van der Waals surface area (Å²) in [6, 6.07) is 7.22. The van der Waals surface area contributed by atoms with Crippen LogP contribution in [-0.2, 0) is 15.1 Å². The summed E-state index contributed by atoms with van der Waals surface area (Å²) in [5.41, 5.74) is 0.755. The summed E-state index contributed by atoms with van der Waals surface area (Å²) >= 11 is 0. The first kappa shape index (κ1) is 20.4. The summed E-state index contributed by atoms with van der Waals surface area (Å²) in [6.45, 7) is 11.3. The second-order valence-corrected chi connectivity index (χ2v) is 8.97. The Bertz CT molecular complexity index is 764. The molecule has 152 valence electrons. The number of urea groups is 1. The fourth-order valence-corrected chi connectivity index (χ4v) is 4.34. The van der Waals surface area contributed by atoms with Crippen molar-refractivity contribution in [2.24, 2.45) is 11.8 Å². The zero-order valence-corrected chi connectivity index (χ0v) is 17.5. The third-order valence-electron chi connectivity index (χ3n) is 5.94. The van der Waals surface area contributed by atoms with Crippen molar-refractivity contribution in [2.45, 2.75) is 52.5 Å². The average Bonchev–Trinajstić information content (AvgIpc) is 2.85. The minimum Gasteiger partial charge on any atom is -0.341 e. The Hall–Kier alpha value is -2.37. The fourth-order valence-electron chi connectivity index (χ4n) is 4.34. The topological polar surface area (TPSA) is 69.7 Å². The van der Waals surface area contributed by atoms with Gasteiger partial charge in [-0.2, -0.15) is 0 Å². The minimum absolute atomic E-state index is 0.165. The maximum absolute atomic E-state index is 13.1. The smallest absolute Gasteiger partial charge is 0.325 e. The van der Waals surface area contributed by atoms with Gasteiger partial charge in [0.15, 0.2) is 0 Å². The molecule has 0 spiro atoms.